The van der Waals surface area contributed by atoms with Crippen molar-refractivity contribution in [1.29, 1.82) is 0 Å². The Hall–Kier alpha value is -0.220. The van der Waals surface area contributed by atoms with Crippen molar-refractivity contribution >= 4 is 45.7 Å². The van der Waals surface area contributed by atoms with Gasteiger partial charge in [-0.3, -0.25) is 0 Å². The van der Waals surface area contributed by atoms with Gasteiger partial charge >= 0.3 is 0 Å². The highest BCUT2D eigenvalue weighted by Crippen LogP contribution is 2.34. The van der Waals surface area contributed by atoms with Gasteiger partial charge in [-0.15, -0.1) is 35.6 Å². The third-order valence-corrected chi connectivity index (χ3v) is 3.86. The fraction of sp³-hybridized carbons (Fsp3) is 0.200. The summed E-state index contributed by atoms with van der Waals surface area (Å²) in [6.45, 7) is 0.0585. The number of hydrogen-bond donors (Lipinski definition) is 2. The molecule has 1 aromatic heterocycles. The van der Waals surface area contributed by atoms with Crippen molar-refractivity contribution in [2.45, 2.75) is 16.7 Å². The zero-order valence-corrected chi connectivity index (χ0v) is 9.79. The van der Waals surface area contributed by atoms with Crippen molar-refractivity contribution in [1.82, 2.24) is 0 Å². The molecule has 14 heavy (non-hydrogen) atoms. The molecule has 0 radical (unpaired) electrons. The molecule has 2 rings (SSSR count). The summed E-state index contributed by atoms with van der Waals surface area (Å²) in [5.41, 5.74) is 2.04. The maximum absolute atomic E-state index is 9.16. The quantitative estimate of drug-likeness (QED) is 0.613. The number of rotatable bonds is 2. The van der Waals surface area contributed by atoms with Gasteiger partial charge in [-0.05, 0) is 22.6 Å². The number of fused-ring (bicyclic) bond motifs is 1. The number of thiol groups is 1. The Morgan fingerprint density at radius 2 is 2.07 bits per heavy atom. The van der Waals surface area contributed by atoms with Crippen molar-refractivity contribution in [2.24, 2.45) is 0 Å². The Labute approximate surface area is 96.7 Å². The van der Waals surface area contributed by atoms with Crippen LogP contribution >= 0.6 is 35.6 Å². The molecule has 0 atom stereocenters. The molecule has 0 spiro atoms. The number of benzene rings is 1. The Bertz CT molecular complexity index is 423. The van der Waals surface area contributed by atoms with E-state index < -0.39 is 0 Å². The van der Waals surface area contributed by atoms with Crippen LogP contribution in [0.4, 0.5) is 0 Å². The van der Waals surface area contributed by atoms with Crippen molar-refractivity contribution < 1.29 is 5.11 Å². The van der Waals surface area contributed by atoms with E-state index >= 15 is 0 Å². The first-order valence-corrected chi connectivity index (χ1v) is 5.96. The highest BCUT2D eigenvalue weighted by atomic mass is 35.5. The standard InChI is InChI=1S/C10H9ClOS2/c11-4-6-1-2-7(5-12)8-3-9(13)14-10(6)8/h1-3,12-13H,4-5H2. The van der Waals surface area contributed by atoms with Crippen LogP contribution in [0.2, 0.25) is 0 Å². The minimum Gasteiger partial charge on any atom is -0.392 e. The summed E-state index contributed by atoms with van der Waals surface area (Å²) in [7, 11) is 0. The number of halogens is 1. The lowest BCUT2D eigenvalue weighted by Gasteiger charge is -2.02. The molecule has 0 bridgehead atoms. The number of hydrogen-bond acceptors (Lipinski definition) is 3. The highest BCUT2D eigenvalue weighted by Gasteiger charge is 2.08. The average Bonchev–Trinajstić information content (AvgIpc) is 2.57. The molecule has 1 heterocycles. The van der Waals surface area contributed by atoms with Crippen LogP contribution in [0.5, 0.6) is 0 Å². The fourth-order valence-corrected chi connectivity index (χ4v) is 3.13. The molecular weight excluding hydrogens is 236 g/mol. The van der Waals surface area contributed by atoms with E-state index in [0.29, 0.717) is 5.88 Å². The summed E-state index contributed by atoms with van der Waals surface area (Å²) in [6, 6.07) is 5.86. The van der Waals surface area contributed by atoms with Gasteiger partial charge in [0.15, 0.2) is 0 Å². The smallest absolute Gasteiger partial charge is 0.0688 e. The van der Waals surface area contributed by atoms with Gasteiger partial charge < -0.3 is 5.11 Å². The zero-order chi connectivity index (χ0) is 10.1. The van der Waals surface area contributed by atoms with Gasteiger partial charge in [-0.1, -0.05) is 12.1 Å². The lowest BCUT2D eigenvalue weighted by Crippen LogP contribution is -1.86. The van der Waals surface area contributed by atoms with Crippen molar-refractivity contribution in [3.63, 3.8) is 0 Å². The third-order valence-electron chi connectivity index (χ3n) is 2.16. The van der Waals surface area contributed by atoms with Gasteiger partial charge in [0.25, 0.3) is 0 Å². The van der Waals surface area contributed by atoms with Crippen molar-refractivity contribution in [2.75, 3.05) is 0 Å². The third kappa shape index (κ3) is 1.65. The number of thiophene rings is 1. The zero-order valence-electron chi connectivity index (χ0n) is 7.33. The monoisotopic (exact) mass is 244 g/mol. The van der Waals surface area contributed by atoms with Crippen LogP contribution in [0.15, 0.2) is 22.4 Å². The molecule has 0 unspecified atom stereocenters. The molecule has 0 amide bonds. The molecule has 0 aliphatic heterocycles. The van der Waals surface area contributed by atoms with Crippen molar-refractivity contribution in [3.8, 4) is 0 Å². The summed E-state index contributed by atoms with van der Waals surface area (Å²) < 4.78 is 2.09. The summed E-state index contributed by atoms with van der Waals surface area (Å²) in [6.07, 6.45) is 0. The van der Waals surface area contributed by atoms with Gasteiger partial charge in [0.2, 0.25) is 0 Å². The van der Waals surface area contributed by atoms with Crippen LogP contribution in [0, 0.1) is 0 Å². The normalized spacial score (nSPS) is 11.1. The lowest BCUT2D eigenvalue weighted by atomic mass is 10.1. The molecule has 0 saturated heterocycles. The molecule has 1 N–H and O–H groups in total. The van der Waals surface area contributed by atoms with E-state index in [1.54, 1.807) is 11.3 Å². The van der Waals surface area contributed by atoms with Crippen molar-refractivity contribution in [3.05, 3.63) is 29.3 Å². The molecule has 0 saturated carbocycles. The summed E-state index contributed by atoms with van der Waals surface area (Å²) in [4.78, 5) is 0. The lowest BCUT2D eigenvalue weighted by molar-refractivity contribution is 0.283. The molecule has 0 aliphatic carbocycles. The first kappa shape index (κ1) is 10.3. The second-order valence-corrected chi connectivity index (χ2v) is 5.11. The van der Waals surface area contributed by atoms with Gasteiger partial charge in [-0.25, -0.2) is 0 Å². The Morgan fingerprint density at radius 1 is 1.36 bits per heavy atom. The minimum absolute atomic E-state index is 0.0585. The molecule has 2 aromatic rings. The second kappa shape index (κ2) is 4.11. The second-order valence-electron chi connectivity index (χ2n) is 3.00. The molecule has 0 aliphatic rings. The SMILES string of the molecule is OCc1ccc(CCl)c2sc(S)cc12. The van der Waals surface area contributed by atoms with E-state index in [2.05, 4.69) is 12.6 Å². The summed E-state index contributed by atoms with van der Waals surface area (Å²) >= 11 is 11.7. The van der Waals surface area contributed by atoms with Gasteiger partial charge in [0.05, 0.1) is 10.8 Å². The topological polar surface area (TPSA) is 20.2 Å². The number of aliphatic hydroxyl groups excluding tert-OH is 1. The average molecular weight is 245 g/mol. The van der Waals surface area contributed by atoms with Gasteiger partial charge in [-0.2, -0.15) is 0 Å². The highest BCUT2D eigenvalue weighted by molar-refractivity contribution is 7.83. The van der Waals surface area contributed by atoms with Crippen LogP contribution in [-0.4, -0.2) is 5.11 Å². The summed E-state index contributed by atoms with van der Waals surface area (Å²) in [5, 5.41) is 10.2. The number of alkyl halides is 1. The maximum atomic E-state index is 9.16. The van der Waals surface area contributed by atoms with E-state index in [4.69, 9.17) is 16.7 Å². The first-order chi connectivity index (χ1) is 6.76. The molecule has 1 aromatic carbocycles. The van der Waals surface area contributed by atoms with Gasteiger partial charge in [0, 0.05) is 10.6 Å². The fourth-order valence-electron chi connectivity index (χ4n) is 1.46. The first-order valence-electron chi connectivity index (χ1n) is 4.16. The largest absolute Gasteiger partial charge is 0.392 e. The van der Waals surface area contributed by atoms with E-state index in [1.165, 1.54) is 0 Å². The molecule has 1 nitrogen and oxygen atoms in total. The van der Waals surface area contributed by atoms with E-state index in [-0.39, 0.29) is 6.61 Å². The molecule has 0 fully saturated rings. The van der Waals surface area contributed by atoms with E-state index in [1.807, 2.05) is 18.2 Å². The van der Waals surface area contributed by atoms with E-state index in [9.17, 15) is 0 Å². The summed E-state index contributed by atoms with van der Waals surface area (Å²) in [5.74, 6) is 0.496. The molecule has 4 heteroatoms. The van der Waals surface area contributed by atoms with E-state index in [0.717, 1.165) is 25.4 Å². The Morgan fingerprint density at radius 3 is 2.71 bits per heavy atom. The molecule has 74 valence electrons. The predicted octanol–water partition coefficient (Wildman–Crippen LogP) is 3.42. The predicted molar refractivity (Wildman–Crippen MR) is 64.6 cm³/mol. The van der Waals surface area contributed by atoms with Crippen LogP contribution in [-0.2, 0) is 12.5 Å². The van der Waals surface area contributed by atoms with Crippen LogP contribution in [0.25, 0.3) is 10.1 Å². The van der Waals surface area contributed by atoms with Crippen LogP contribution in [0.3, 0.4) is 0 Å². The number of aliphatic hydroxyl groups is 1. The van der Waals surface area contributed by atoms with Crippen LogP contribution < -0.4 is 0 Å². The maximum Gasteiger partial charge on any atom is 0.0688 e. The Balaban J connectivity index is 2.77. The van der Waals surface area contributed by atoms with Gasteiger partial charge in [0.1, 0.15) is 0 Å². The Kier molecular flexibility index (Phi) is 3.02. The minimum atomic E-state index is 0.0585. The molecular formula is C10H9ClOS2. The van der Waals surface area contributed by atoms with Crippen LogP contribution in [0.1, 0.15) is 11.1 Å².